The summed E-state index contributed by atoms with van der Waals surface area (Å²) in [6, 6.07) is 4.38. The monoisotopic (exact) mass is 272 g/mol. The number of rotatable bonds is 3. The molecule has 20 heavy (non-hydrogen) atoms. The van der Waals surface area contributed by atoms with E-state index in [4.69, 9.17) is 4.98 Å². The number of aromatic amines is 1. The molecule has 1 aliphatic rings. The Morgan fingerprint density at radius 1 is 1.05 bits per heavy atom. The molecule has 0 spiro atoms. The Kier molecular flexibility index (Phi) is 3.76. The van der Waals surface area contributed by atoms with E-state index in [0.29, 0.717) is 0 Å². The molecule has 1 N–H and O–H groups in total. The van der Waals surface area contributed by atoms with Gasteiger partial charge in [0.1, 0.15) is 5.82 Å². The van der Waals surface area contributed by atoms with Crippen molar-refractivity contribution in [2.75, 3.05) is 32.7 Å². The molecule has 0 atom stereocenters. The summed E-state index contributed by atoms with van der Waals surface area (Å²) in [5.74, 6) is 1.09. The highest BCUT2D eigenvalue weighted by Crippen LogP contribution is 2.18. The quantitative estimate of drug-likeness (QED) is 0.931. The zero-order chi connectivity index (χ0) is 14.1. The molecule has 0 aliphatic carbocycles. The largest absolute Gasteiger partial charge is 0.341 e. The van der Waals surface area contributed by atoms with Crippen LogP contribution in [0.3, 0.4) is 0 Å². The molecule has 0 bridgehead atoms. The van der Waals surface area contributed by atoms with Gasteiger partial charge in [0.2, 0.25) is 0 Å². The number of piperazine rings is 1. The van der Waals surface area contributed by atoms with E-state index in [1.54, 1.807) is 0 Å². The fourth-order valence-electron chi connectivity index (χ4n) is 2.87. The summed E-state index contributed by atoms with van der Waals surface area (Å²) in [5.41, 5.74) is 4.89. The zero-order valence-corrected chi connectivity index (χ0v) is 12.7. The number of H-pyrrole nitrogens is 1. The lowest BCUT2D eigenvalue weighted by Crippen LogP contribution is -2.45. The summed E-state index contributed by atoms with van der Waals surface area (Å²) in [6.45, 7) is 13.3. The minimum atomic E-state index is 0.935. The molecular formula is C16H24N4. The third kappa shape index (κ3) is 2.72. The van der Waals surface area contributed by atoms with Gasteiger partial charge >= 0.3 is 0 Å². The maximum atomic E-state index is 4.74. The van der Waals surface area contributed by atoms with Gasteiger partial charge in [0.25, 0.3) is 0 Å². The first-order valence-electron chi connectivity index (χ1n) is 7.56. The maximum absolute atomic E-state index is 4.74. The van der Waals surface area contributed by atoms with Gasteiger partial charge in [-0.2, -0.15) is 0 Å². The van der Waals surface area contributed by atoms with Gasteiger partial charge in [0.05, 0.1) is 17.6 Å². The van der Waals surface area contributed by atoms with Crippen LogP contribution >= 0.6 is 0 Å². The first-order chi connectivity index (χ1) is 9.65. The van der Waals surface area contributed by atoms with E-state index in [2.05, 4.69) is 47.7 Å². The Balaban J connectivity index is 1.72. The summed E-state index contributed by atoms with van der Waals surface area (Å²) in [5, 5.41) is 0. The predicted octanol–water partition coefficient (Wildman–Crippen LogP) is 2.32. The van der Waals surface area contributed by atoms with Gasteiger partial charge in [-0.25, -0.2) is 4.98 Å². The lowest BCUT2D eigenvalue weighted by molar-refractivity contribution is 0.130. The third-order valence-electron chi connectivity index (χ3n) is 4.43. The SMILES string of the molecule is CCN1CCN(Cc2nc3cc(C)c(C)cc3[nH]2)CC1. The zero-order valence-electron chi connectivity index (χ0n) is 12.7. The highest BCUT2D eigenvalue weighted by Gasteiger charge is 2.16. The molecule has 4 nitrogen and oxygen atoms in total. The Hall–Kier alpha value is -1.39. The lowest BCUT2D eigenvalue weighted by atomic mass is 10.1. The van der Waals surface area contributed by atoms with Crippen molar-refractivity contribution in [3.05, 3.63) is 29.1 Å². The van der Waals surface area contributed by atoms with Crippen molar-refractivity contribution < 1.29 is 0 Å². The highest BCUT2D eigenvalue weighted by atomic mass is 15.3. The van der Waals surface area contributed by atoms with Gasteiger partial charge in [0.15, 0.2) is 0 Å². The van der Waals surface area contributed by atoms with Crippen molar-refractivity contribution in [2.45, 2.75) is 27.3 Å². The van der Waals surface area contributed by atoms with Crippen LogP contribution in [-0.4, -0.2) is 52.5 Å². The summed E-state index contributed by atoms with van der Waals surface area (Å²) in [7, 11) is 0. The molecule has 0 unspecified atom stereocenters. The van der Waals surface area contributed by atoms with Crippen LogP contribution in [0.4, 0.5) is 0 Å². The van der Waals surface area contributed by atoms with E-state index >= 15 is 0 Å². The minimum absolute atomic E-state index is 0.935. The number of hydrogen-bond acceptors (Lipinski definition) is 3. The average Bonchev–Trinajstić information content (AvgIpc) is 2.81. The number of aryl methyl sites for hydroxylation is 2. The Morgan fingerprint density at radius 3 is 2.40 bits per heavy atom. The fourth-order valence-corrected chi connectivity index (χ4v) is 2.87. The van der Waals surface area contributed by atoms with E-state index in [9.17, 15) is 0 Å². The number of nitrogens with zero attached hydrogens (tertiary/aromatic N) is 3. The van der Waals surface area contributed by atoms with Crippen LogP contribution in [0.25, 0.3) is 11.0 Å². The molecule has 1 aromatic carbocycles. The fraction of sp³-hybridized carbons (Fsp3) is 0.562. The van der Waals surface area contributed by atoms with Crippen LogP contribution in [0.1, 0.15) is 23.9 Å². The summed E-state index contributed by atoms with van der Waals surface area (Å²) >= 11 is 0. The van der Waals surface area contributed by atoms with Gasteiger partial charge in [-0.3, -0.25) is 4.90 Å². The van der Waals surface area contributed by atoms with Gasteiger partial charge in [-0.15, -0.1) is 0 Å². The molecule has 108 valence electrons. The lowest BCUT2D eigenvalue weighted by Gasteiger charge is -2.33. The number of aromatic nitrogens is 2. The van der Waals surface area contributed by atoms with Crippen molar-refractivity contribution >= 4 is 11.0 Å². The molecular weight excluding hydrogens is 248 g/mol. The van der Waals surface area contributed by atoms with Gasteiger partial charge in [-0.1, -0.05) is 6.92 Å². The molecule has 0 saturated carbocycles. The van der Waals surface area contributed by atoms with Gasteiger partial charge in [0, 0.05) is 26.2 Å². The van der Waals surface area contributed by atoms with Crippen LogP contribution in [-0.2, 0) is 6.54 Å². The van der Waals surface area contributed by atoms with Crippen LogP contribution in [0, 0.1) is 13.8 Å². The van der Waals surface area contributed by atoms with Crippen LogP contribution in [0.15, 0.2) is 12.1 Å². The third-order valence-corrected chi connectivity index (χ3v) is 4.43. The molecule has 2 heterocycles. The number of imidazole rings is 1. The van der Waals surface area contributed by atoms with Crippen LogP contribution in [0.5, 0.6) is 0 Å². The minimum Gasteiger partial charge on any atom is -0.341 e. The van der Waals surface area contributed by atoms with E-state index < -0.39 is 0 Å². The summed E-state index contributed by atoms with van der Waals surface area (Å²) < 4.78 is 0. The predicted molar refractivity (Wildman–Crippen MR) is 83.0 cm³/mol. The molecule has 3 rings (SSSR count). The maximum Gasteiger partial charge on any atom is 0.121 e. The number of fused-ring (bicyclic) bond motifs is 1. The Morgan fingerprint density at radius 2 is 1.70 bits per heavy atom. The van der Waals surface area contributed by atoms with Crippen molar-refractivity contribution in [1.29, 1.82) is 0 Å². The highest BCUT2D eigenvalue weighted by molar-refractivity contribution is 5.77. The molecule has 1 saturated heterocycles. The van der Waals surface area contributed by atoms with E-state index in [-0.39, 0.29) is 0 Å². The van der Waals surface area contributed by atoms with E-state index in [0.717, 1.165) is 43.0 Å². The molecule has 4 heteroatoms. The van der Waals surface area contributed by atoms with E-state index in [1.807, 2.05) is 0 Å². The topological polar surface area (TPSA) is 35.2 Å². The van der Waals surface area contributed by atoms with Gasteiger partial charge < -0.3 is 9.88 Å². The molecule has 0 radical (unpaired) electrons. The normalized spacial score (nSPS) is 17.9. The first kappa shape index (κ1) is 13.6. The molecule has 1 fully saturated rings. The molecule has 2 aromatic rings. The second-order valence-corrected chi connectivity index (χ2v) is 5.85. The molecule has 1 aromatic heterocycles. The number of benzene rings is 1. The van der Waals surface area contributed by atoms with Crippen LogP contribution in [0.2, 0.25) is 0 Å². The summed E-state index contributed by atoms with van der Waals surface area (Å²) in [6.07, 6.45) is 0. The first-order valence-corrected chi connectivity index (χ1v) is 7.56. The van der Waals surface area contributed by atoms with Crippen molar-refractivity contribution in [3.8, 4) is 0 Å². The number of hydrogen-bond donors (Lipinski definition) is 1. The molecule has 0 amide bonds. The Labute approximate surface area is 120 Å². The van der Waals surface area contributed by atoms with Crippen molar-refractivity contribution in [1.82, 2.24) is 19.8 Å². The van der Waals surface area contributed by atoms with E-state index in [1.165, 1.54) is 24.2 Å². The number of likely N-dealkylation sites (N-methyl/N-ethyl adjacent to an activating group) is 1. The smallest absolute Gasteiger partial charge is 0.121 e. The second kappa shape index (κ2) is 5.54. The Bertz CT molecular complexity index is 555. The van der Waals surface area contributed by atoms with Crippen LogP contribution < -0.4 is 0 Å². The number of nitrogens with one attached hydrogen (secondary N) is 1. The molecule has 1 aliphatic heterocycles. The van der Waals surface area contributed by atoms with Gasteiger partial charge in [-0.05, 0) is 43.7 Å². The second-order valence-electron chi connectivity index (χ2n) is 5.85. The summed E-state index contributed by atoms with van der Waals surface area (Å²) in [4.78, 5) is 13.2. The van der Waals surface area contributed by atoms with Crippen molar-refractivity contribution in [2.24, 2.45) is 0 Å². The average molecular weight is 272 g/mol. The standard InChI is InChI=1S/C16H24N4/c1-4-19-5-7-20(8-6-19)11-16-17-14-9-12(2)13(3)10-15(14)18-16/h9-10H,4-8,11H2,1-3H3,(H,17,18). The van der Waals surface area contributed by atoms with Crippen molar-refractivity contribution in [3.63, 3.8) is 0 Å².